The van der Waals surface area contributed by atoms with Gasteiger partial charge in [0.15, 0.2) is 0 Å². The van der Waals surface area contributed by atoms with Gasteiger partial charge < -0.3 is 15.5 Å². The van der Waals surface area contributed by atoms with Crippen LogP contribution < -0.4 is 5.73 Å². The van der Waals surface area contributed by atoms with E-state index in [9.17, 15) is 4.79 Å². The van der Waals surface area contributed by atoms with Gasteiger partial charge in [-0.05, 0) is 44.0 Å². The van der Waals surface area contributed by atoms with Crippen molar-refractivity contribution in [1.82, 2.24) is 9.80 Å². The van der Waals surface area contributed by atoms with Crippen LogP contribution in [0, 0.1) is 6.92 Å². The van der Waals surface area contributed by atoms with Gasteiger partial charge in [0, 0.05) is 37.4 Å². The Kier molecular flexibility index (Phi) is 4.65. The van der Waals surface area contributed by atoms with Crippen molar-refractivity contribution >= 4 is 11.6 Å². The molecule has 2 N–H and O–H groups in total. The highest BCUT2D eigenvalue weighted by Gasteiger charge is 2.26. The molecular weight excluding hydrogens is 250 g/mol. The van der Waals surface area contributed by atoms with Crippen LogP contribution in [0.15, 0.2) is 18.2 Å². The van der Waals surface area contributed by atoms with Crippen molar-refractivity contribution in [2.45, 2.75) is 32.7 Å². The summed E-state index contributed by atoms with van der Waals surface area (Å²) in [6.45, 7) is 7.40. The van der Waals surface area contributed by atoms with Crippen molar-refractivity contribution < 1.29 is 4.79 Å². The summed E-state index contributed by atoms with van der Waals surface area (Å²) in [6, 6.07) is 5.88. The normalized spacial score (nSPS) is 17.1. The number of hydrogen-bond donors (Lipinski definition) is 1. The Hall–Kier alpha value is -1.55. The average Bonchev–Trinajstić information content (AvgIpc) is 2.48. The van der Waals surface area contributed by atoms with Crippen molar-refractivity contribution in [2.75, 3.05) is 32.4 Å². The Morgan fingerprint density at radius 1 is 1.40 bits per heavy atom. The third kappa shape index (κ3) is 3.12. The van der Waals surface area contributed by atoms with E-state index in [1.54, 1.807) is 6.07 Å². The second-order valence-electron chi connectivity index (χ2n) is 5.66. The minimum atomic E-state index is 0.0877. The van der Waals surface area contributed by atoms with E-state index in [1.165, 1.54) is 0 Å². The summed E-state index contributed by atoms with van der Waals surface area (Å²) >= 11 is 0. The molecule has 2 rings (SSSR count). The number of nitrogens with zero attached hydrogens (tertiary/aromatic N) is 2. The van der Waals surface area contributed by atoms with Crippen LogP contribution in [0.1, 0.15) is 35.7 Å². The topological polar surface area (TPSA) is 49.6 Å². The summed E-state index contributed by atoms with van der Waals surface area (Å²) in [5, 5.41) is 0. The number of nitrogens with two attached hydrogens (primary N) is 1. The lowest BCUT2D eigenvalue weighted by Crippen LogP contribution is -2.45. The highest BCUT2D eigenvalue weighted by Crippen LogP contribution is 2.20. The highest BCUT2D eigenvalue weighted by atomic mass is 16.2. The zero-order chi connectivity index (χ0) is 14.7. The standard InChI is InChI=1S/C16H25N3O/c1-4-19-9-7-14(8-10-19)18(3)16(20)15-11-13(17)6-5-12(15)2/h5-6,11,14H,4,7-10,17H2,1-3H3. The molecule has 1 amide bonds. The fraction of sp³-hybridized carbons (Fsp3) is 0.562. The molecule has 1 heterocycles. The maximum Gasteiger partial charge on any atom is 0.254 e. The smallest absolute Gasteiger partial charge is 0.254 e. The van der Waals surface area contributed by atoms with Crippen LogP contribution in [0.3, 0.4) is 0 Å². The number of carbonyl (C=O) groups excluding carboxylic acids is 1. The molecule has 1 fully saturated rings. The van der Waals surface area contributed by atoms with Gasteiger partial charge in [0.2, 0.25) is 0 Å². The van der Waals surface area contributed by atoms with Crippen LogP contribution in [0.4, 0.5) is 5.69 Å². The van der Waals surface area contributed by atoms with Gasteiger partial charge in [0.25, 0.3) is 5.91 Å². The molecular formula is C16H25N3O. The van der Waals surface area contributed by atoms with Crippen LogP contribution in [-0.4, -0.2) is 48.4 Å². The Bertz CT molecular complexity index is 479. The second kappa shape index (κ2) is 6.27. The molecule has 0 atom stereocenters. The number of benzene rings is 1. The lowest BCUT2D eigenvalue weighted by atomic mass is 10.0. The van der Waals surface area contributed by atoms with E-state index < -0.39 is 0 Å². The van der Waals surface area contributed by atoms with E-state index in [2.05, 4.69) is 11.8 Å². The molecule has 0 aliphatic carbocycles. The molecule has 0 bridgehead atoms. The summed E-state index contributed by atoms with van der Waals surface area (Å²) in [7, 11) is 1.91. The molecule has 1 aliphatic rings. The second-order valence-corrected chi connectivity index (χ2v) is 5.66. The van der Waals surface area contributed by atoms with E-state index in [0.717, 1.165) is 43.6 Å². The Balaban J connectivity index is 2.07. The SMILES string of the molecule is CCN1CCC(N(C)C(=O)c2cc(N)ccc2C)CC1. The number of rotatable bonds is 3. The van der Waals surface area contributed by atoms with Crippen LogP contribution in [-0.2, 0) is 0 Å². The largest absolute Gasteiger partial charge is 0.399 e. The van der Waals surface area contributed by atoms with Crippen molar-refractivity contribution in [3.05, 3.63) is 29.3 Å². The van der Waals surface area contributed by atoms with Crippen molar-refractivity contribution in [3.63, 3.8) is 0 Å². The summed E-state index contributed by atoms with van der Waals surface area (Å²) in [4.78, 5) is 17.0. The fourth-order valence-corrected chi connectivity index (χ4v) is 2.85. The molecule has 0 radical (unpaired) electrons. The van der Waals surface area contributed by atoms with Gasteiger partial charge in [0.05, 0.1) is 0 Å². The zero-order valence-corrected chi connectivity index (χ0v) is 12.7. The zero-order valence-electron chi connectivity index (χ0n) is 12.7. The van der Waals surface area contributed by atoms with E-state index in [0.29, 0.717) is 11.7 Å². The summed E-state index contributed by atoms with van der Waals surface area (Å²) in [5.41, 5.74) is 8.16. The quantitative estimate of drug-likeness (QED) is 0.860. The summed E-state index contributed by atoms with van der Waals surface area (Å²) < 4.78 is 0. The molecule has 110 valence electrons. The molecule has 4 heteroatoms. The molecule has 1 aromatic rings. The Labute approximate surface area is 121 Å². The average molecular weight is 275 g/mol. The maximum absolute atomic E-state index is 12.6. The van der Waals surface area contributed by atoms with E-state index in [1.807, 2.05) is 31.0 Å². The highest BCUT2D eigenvalue weighted by molar-refractivity contribution is 5.96. The van der Waals surface area contributed by atoms with Crippen LogP contribution >= 0.6 is 0 Å². The molecule has 0 saturated carbocycles. The fourth-order valence-electron chi connectivity index (χ4n) is 2.85. The number of piperidine rings is 1. The van der Waals surface area contributed by atoms with Crippen molar-refractivity contribution in [2.24, 2.45) is 0 Å². The van der Waals surface area contributed by atoms with Crippen molar-refractivity contribution in [3.8, 4) is 0 Å². The molecule has 0 aromatic heterocycles. The number of hydrogen-bond acceptors (Lipinski definition) is 3. The van der Waals surface area contributed by atoms with Gasteiger partial charge in [-0.1, -0.05) is 13.0 Å². The Morgan fingerprint density at radius 2 is 2.05 bits per heavy atom. The van der Waals surface area contributed by atoms with Gasteiger partial charge in [-0.2, -0.15) is 0 Å². The third-order valence-electron chi connectivity index (χ3n) is 4.36. The molecule has 20 heavy (non-hydrogen) atoms. The summed E-state index contributed by atoms with van der Waals surface area (Å²) in [5.74, 6) is 0.0877. The van der Waals surface area contributed by atoms with E-state index in [-0.39, 0.29) is 5.91 Å². The first-order valence-electron chi connectivity index (χ1n) is 7.38. The van der Waals surface area contributed by atoms with Gasteiger partial charge in [-0.15, -0.1) is 0 Å². The number of amides is 1. The third-order valence-corrected chi connectivity index (χ3v) is 4.36. The number of carbonyl (C=O) groups is 1. The minimum Gasteiger partial charge on any atom is -0.399 e. The lowest BCUT2D eigenvalue weighted by molar-refractivity contribution is 0.0646. The summed E-state index contributed by atoms with van der Waals surface area (Å²) in [6.07, 6.45) is 2.11. The van der Waals surface area contributed by atoms with Gasteiger partial charge in [0.1, 0.15) is 0 Å². The first-order valence-corrected chi connectivity index (χ1v) is 7.38. The van der Waals surface area contributed by atoms with Crippen LogP contribution in [0.2, 0.25) is 0 Å². The monoisotopic (exact) mass is 275 g/mol. The number of aryl methyl sites for hydroxylation is 1. The Morgan fingerprint density at radius 3 is 2.65 bits per heavy atom. The first kappa shape index (κ1) is 14.9. The van der Waals surface area contributed by atoms with Crippen molar-refractivity contribution in [1.29, 1.82) is 0 Å². The molecule has 4 nitrogen and oxygen atoms in total. The maximum atomic E-state index is 12.6. The van der Waals surface area contributed by atoms with Crippen LogP contribution in [0.25, 0.3) is 0 Å². The minimum absolute atomic E-state index is 0.0877. The number of nitrogen functional groups attached to an aromatic ring is 1. The molecule has 1 saturated heterocycles. The molecule has 0 unspecified atom stereocenters. The van der Waals surface area contributed by atoms with Gasteiger partial charge in [-0.3, -0.25) is 4.79 Å². The van der Waals surface area contributed by atoms with E-state index in [4.69, 9.17) is 5.73 Å². The number of likely N-dealkylation sites (tertiary alicyclic amines) is 1. The van der Waals surface area contributed by atoms with Gasteiger partial charge in [-0.25, -0.2) is 0 Å². The van der Waals surface area contributed by atoms with Crippen LogP contribution in [0.5, 0.6) is 0 Å². The molecule has 1 aromatic carbocycles. The first-order chi connectivity index (χ1) is 9.52. The number of anilines is 1. The predicted octanol–water partition coefficient (Wildman–Crippen LogP) is 2.13. The molecule has 1 aliphatic heterocycles. The van der Waals surface area contributed by atoms with E-state index >= 15 is 0 Å². The lowest BCUT2D eigenvalue weighted by Gasteiger charge is -2.36. The van der Waals surface area contributed by atoms with Gasteiger partial charge >= 0.3 is 0 Å². The molecule has 0 spiro atoms. The predicted molar refractivity (Wildman–Crippen MR) is 82.8 cm³/mol.